The van der Waals surface area contributed by atoms with Crippen LogP contribution >= 0.6 is 0 Å². The van der Waals surface area contributed by atoms with Crippen LogP contribution in [-0.2, 0) is 4.79 Å². The van der Waals surface area contributed by atoms with Gasteiger partial charge >= 0.3 is 0 Å². The van der Waals surface area contributed by atoms with Crippen molar-refractivity contribution in [2.45, 2.75) is 13.3 Å². The zero-order valence-corrected chi connectivity index (χ0v) is 12.0. The van der Waals surface area contributed by atoms with E-state index in [2.05, 4.69) is 12.2 Å². The maximum atomic E-state index is 12.0. The summed E-state index contributed by atoms with van der Waals surface area (Å²) in [5.41, 5.74) is 1.01. The molecule has 108 valence electrons. The van der Waals surface area contributed by atoms with Crippen LogP contribution in [0.3, 0.4) is 0 Å². The molecule has 0 aliphatic carbocycles. The number of ether oxygens (including phenoxy) is 1. The molecular formula is C16H22N2O2. The molecule has 0 bridgehead atoms. The van der Waals surface area contributed by atoms with Gasteiger partial charge in [-0.3, -0.25) is 4.79 Å². The Morgan fingerprint density at radius 2 is 2.00 bits per heavy atom. The Morgan fingerprint density at radius 1 is 1.30 bits per heavy atom. The van der Waals surface area contributed by atoms with Crippen molar-refractivity contribution in [1.29, 1.82) is 0 Å². The first-order chi connectivity index (χ1) is 9.79. The van der Waals surface area contributed by atoms with Crippen molar-refractivity contribution in [2.24, 2.45) is 0 Å². The first-order valence-electron chi connectivity index (χ1n) is 7.20. The number of carbonyl (C=O) groups is 1. The summed E-state index contributed by atoms with van der Waals surface area (Å²) < 4.78 is 5.52. The maximum absolute atomic E-state index is 12.0. The topological polar surface area (TPSA) is 41.6 Å². The highest BCUT2D eigenvalue weighted by Gasteiger charge is 2.12. The number of nitrogens with one attached hydrogen (secondary N) is 1. The van der Waals surface area contributed by atoms with Crippen molar-refractivity contribution >= 4 is 12.0 Å². The zero-order valence-electron chi connectivity index (χ0n) is 12.0. The number of benzene rings is 1. The zero-order chi connectivity index (χ0) is 14.2. The quantitative estimate of drug-likeness (QED) is 0.834. The summed E-state index contributed by atoms with van der Waals surface area (Å²) >= 11 is 0. The van der Waals surface area contributed by atoms with E-state index < -0.39 is 0 Å². The average Bonchev–Trinajstić information content (AvgIpc) is 2.52. The number of piperazine rings is 1. The lowest BCUT2D eigenvalue weighted by Crippen LogP contribution is -2.45. The minimum Gasteiger partial charge on any atom is -0.494 e. The van der Waals surface area contributed by atoms with Gasteiger partial charge in [0.25, 0.3) is 0 Å². The largest absolute Gasteiger partial charge is 0.494 e. The number of hydrogen-bond donors (Lipinski definition) is 1. The Bertz CT molecular complexity index is 448. The Labute approximate surface area is 120 Å². The lowest BCUT2D eigenvalue weighted by atomic mass is 10.2. The summed E-state index contributed by atoms with van der Waals surface area (Å²) in [6.07, 6.45) is 4.50. The molecule has 1 amide bonds. The summed E-state index contributed by atoms with van der Waals surface area (Å²) in [5, 5.41) is 3.23. The van der Waals surface area contributed by atoms with Gasteiger partial charge in [-0.05, 0) is 30.2 Å². The lowest BCUT2D eigenvalue weighted by molar-refractivity contribution is -0.126. The molecule has 0 saturated carbocycles. The molecule has 0 spiro atoms. The Hall–Kier alpha value is -1.81. The SMILES string of the molecule is CCCOc1ccc(/C=C/C(=O)N2CCNCC2)cc1. The van der Waals surface area contributed by atoms with Gasteiger partial charge in [0, 0.05) is 32.3 Å². The van der Waals surface area contributed by atoms with Crippen LogP contribution in [0, 0.1) is 0 Å². The molecule has 1 aromatic rings. The third-order valence-electron chi connectivity index (χ3n) is 3.20. The van der Waals surface area contributed by atoms with Gasteiger partial charge in [0.15, 0.2) is 0 Å². The smallest absolute Gasteiger partial charge is 0.246 e. The van der Waals surface area contributed by atoms with Crippen LogP contribution in [0.4, 0.5) is 0 Å². The molecule has 0 unspecified atom stereocenters. The molecule has 4 heteroatoms. The van der Waals surface area contributed by atoms with E-state index in [1.807, 2.05) is 35.2 Å². The fourth-order valence-electron chi connectivity index (χ4n) is 2.05. The fourth-order valence-corrected chi connectivity index (χ4v) is 2.05. The number of carbonyl (C=O) groups excluding carboxylic acids is 1. The van der Waals surface area contributed by atoms with Crippen molar-refractivity contribution in [1.82, 2.24) is 10.2 Å². The Balaban J connectivity index is 1.88. The molecule has 1 N–H and O–H groups in total. The van der Waals surface area contributed by atoms with Crippen LogP contribution in [-0.4, -0.2) is 43.6 Å². The third kappa shape index (κ3) is 4.38. The molecular weight excluding hydrogens is 252 g/mol. The van der Waals surface area contributed by atoms with Crippen molar-refractivity contribution in [3.8, 4) is 5.75 Å². The van der Waals surface area contributed by atoms with Crippen molar-refractivity contribution in [3.05, 3.63) is 35.9 Å². The van der Waals surface area contributed by atoms with Crippen LogP contribution in [0.2, 0.25) is 0 Å². The van der Waals surface area contributed by atoms with E-state index in [9.17, 15) is 4.79 Å². The van der Waals surface area contributed by atoms with Crippen molar-refractivity contribution in [3.63, 3.8) is 0 Å². The molecule has 1 fully saturated rings. The second-order valence-corrected chi connectivity index (χ2v) is 4.83. The minimum absolute atomic E-state index is 0.0813. The summed E-state index contributed by atoms with van der Waals surface area (Å²) in [7, 11) is 0. The molecule has 20 heavy (non-hydrogen) atoms. The van der Waals surface area contributed by atoms with Gasteiger partial charge in [-0.15, -0.1) is 0 Å². The molecule has 1 heterocycles. The van der Waals surface area contributed by atoms with Crippen molar-refractivity contribution in [2.75, 3.05) is 32.8 Å². The molecule has 1 aliphatic rings. The average molecular weight is 274 g/mol. The summed E-state index contributed by atoms with van der Waals surface area (Å²) in [5.74, 6) is 0.954. The predicted molar refractivity (Wildman–Crippen MR) is 80.7 cm³/mol. The molecule has 1 saturated heterocycles. The van der Waals surface area contributed by atoms with Crippen LogP contribution in [0.1, 0.15) is 18.9 Å². The highest BCUT2D eigenvalue weighted by atomic mass is 16.5. The number of rotatable bonds is 5. The van der Waals surface area contributed by atoms with Gasteiger partial charge < -0.3 is 15.0 Å². The minimum atomic E-state index is 0.0813. The molecule has 1 aliphatic heterocycles. The van der Waals surface area contributed by atoms with Crippen LogP contribution in [0.5, 0.6) is 5.75 Å². The number of amides is 1. The molecule has 1 aromatic carbocycles. The van der Waals surface area contributed by atoms with Gasteiger partial charge in [0.2, 0.25) is 5.91 Å². The first-order valence-corrected chi connectivity index (χ1v) is 7.20. The lowest BCUT2D eigenvalue weighted by Gasteiger charge is -2.26. The number of nitrogens with zero attached hydrogens (tertiary/aromatic N) is 1. The van der Waals surface area contributed by atoms with E-state index >= 15 is 0 Å². The summed E-state index contributed by atoms with van der Waals surface area (Å²) in [6.45, 7) is 6.14. The van der Waals surface area contributed by atoms with E-state index in [1.54, 1.807) is 6.08 Å². The summed E-state index contributed by atoms with van der Waals surface area (Å²) in [4.78, 5) is 13.8. The molecule has 0 aromatic heterocycles. The van der Waals surface area contributed by atoms with Gasteiger partial charge in [0.05, 0.1) is 6.61 Å². The van der Waals surface area contributed by atoms with Gasteiger partial charge in [0.1, 0.15) is 5.75 Å². The maximum Gasteiger partial charge on any atom is 0.246 e. The Kier molecular flexibility index (Phi) is 5.62. The molecule has 0 atom stereocenters. The third-order valence-corrected chi connectivity index (χ3v) is 3.20. The van der Waals surface area contributed by atoms with Gasteiger partial charge in [-0.1, -0.05) is 19.1 Å². The molecule has 4 nitrogen and oxygen atoms in total. The predicted octanol–water partition coefficient (Wildman–Crippen LogP) is 1.92. The molecule has 0 radical (unpaired) electrons. The first kappa shape index (κ1) is 14.6. The second kappa shape index (κ2) is 7.70. The number of hydrogen-bond acceptors (Lipinski definition) is 3. The van der Waals surface area contributed by atoms with Crippen LogP contribution < -0.4 is 10.1 Å². The Morgan fingerprint density at radius 3 is 2.65 bits per heavy atom. The normalized spacial score (nSPS) is 15.6. The van der Waals surface area contributed by atoms with Crippen molar-refractivity contribution < 1.29 is 9.53 Å². The van der Waals surface area contributed by atoms with Gasteiger partial charge in [-0.2, -0.15) is 0 Å². The van der Waals surface area contributed by atoms with E-state index in [0.717, 1.165) is 50.5 Å². The fraction of sp³-hybridized carbons (Fsp3) is 0.438. The van der Waals surface area contributed by atoms with Crippen LogP contribution in [0.15, 0.2) is 30.3 Å². The standard InChI is InChI=1S/C16H22N2O2/c1-2-13-20-15-6-3-14(4-7-15)5-8-16(19)18-11-9-17-10-12-18/h3-8,17H,2,9-13H2,1H3/b8-5+. The summed E-state index contributed by atoms with van der Waals surface area (Å²) in [6, 6.07) is 7.80. The van der Waals surface area contributed by atoms with Crippen LogP contribution in [0.25, 0.3) is 6.08 Å². The highest BCUT2D eigenvalue weighted by Crippen LogP contribution is 2.13. The monoisotopic (exact) mass is 274 g/mol. The molecule has 2 rings (SSSR count). The van der Waals surface area contributed by atoms with E-state index in [4.69, 9.17) is 4.74 Å². The van der Waals surface area contributed by atoms with Gasteiger partial charge in [-0.25, -0.2) is 0 Å². The van der Waals surface area contributed by atoms with E-state index in [0.29, 0.717) is 0 Å². The van der Waals surface area contributed by atoms with E-state index in [-0.39, 0.29) is 5.91 Å². The highest BCUT2D eigenvalue weighted by molar-refractivity contribution is 5.91. The van der Waals surface area contributed by atoms with E-state index in [1.165, 1.54) is 0 Å². The second-order valence-electron chi connectivity index (χ2n) is 4.83.